The Kier molecular flexibility index (Phi) is 6.70. The molecule has 1 amide bonds. The van der Waals surface area contributed by atoms with Crippen LogP contribution in [0.15, 0.2) is 58.2 Å². The maximum absolute atomic E-state index is 13.7. The van der Waals surface area contributed by atoms with Gasteiger partial charge >= 0.3 is 0 Å². The summed E-state index contributed by atoms with van der Waals surface area (Å²) in [5.74, 6) is -1.32. The Hall–Kier alpha value is -3.98. The average Bonchev–Trinajstić information content (AvgIpc) is 3.39. The number of hydrogen-bond acceptors (Lipinski definition) is 8. The van der Waals surface area contributed by atoms with Crippen LogP contribution in [0.3, 0.4) is 0 Å². The molecule has 3 aromatic rings. The zero-order valence-corrected chi connectivity index (χ0v) is 20.1. The normalized spacial score (nSPS) is 16.0. The van der Waals surface area contributed by atoms with E-state index in [0.717, 1.165) is 0 Å². The molecule has 0 saturated heterocycles. The second-order valence-corrected chi connectivity index (χ2v) is 8.57. The van der Waals surface area contributed by atoms with Crippen molar-refractivity contribution in [3.05, 3.63) is 65.1 Å². The van der Waals surface area contributed by atoms with Crippen LogP contribution in [0.5, 0.6) is 17.2 Å². The fraction of sp³-hybridized carbons (Fsp3) is 0.308. The molecular formula is C26H28N2O7. The molecular weight excluding hydrogens is 452 g/mol. The number of carbonyl (C=O) groups excluding carboxylic acids is 2. The van der Waals surface area contributed by atoms with Crippen molar-refractivity contribution in [3.63, 3.8) is 0 Å². The Bertz CT molecular complexity index is 1310. The molecule has 4 rings (SSSR count). The quantitative estimate of drug-likeness (QED) is 0.446. The fourth-order valence-electron chi connectivity index (χ4n) is 4.33. The summed E-state index contributed by atoms with van der Waals surface area (Å²) in [7, 11) is 6.76. The lowest BCUT2D eigenvalue weighted by molar-refractivity contribution is -0.129. The monoisotopic (exact) mass is 480 g/mol. The number of aliphatic hydroxyl groups is 1. The van der Waals surface area contributed by atoms with Gasteiger partial charge in [-0.25, -0.2) is 0 Å². The van der Waals surface area contributed by atoms with Crippen LogP contribution >= 0.6 is 0 Å². The van der Waals surface area contributed by atoms with Gasteiger partial charge in [-0.05, 0) is 56.9 Å². The van der Waals surface area contributed by atoms with Crippen LogP contribution in [-0.4, -0.2) is 73.1 Å². The minimum Gasteiger partial charge on any atom is -0.504 e. The molecule has 184 valence electrons. The zero-order chi connectivity index (χ0) is 25.3. The number of nitrogens with zero attached hydrogens (tertiary/aromatic N) is 2. The SMILES string of the molecule is COc1cc(C2C(C(=O)c3cc4cccc(OC)c4o3)=C(O)C(=O)N2CCCN(C)C)ccc1O. The molecule has 1 aliphatic heterocycles. The number of aliphatic hydroxyl groups excluding tert-OH is 1. The molecule has 9 heteroatoms. The Morgan fingerprint density at radius 2 is 1.83 bits per heavy atom. The van der Waals surface area contributed by atoms with Gasteiger partial charge in [0.05, 0.1) is 25.8 Å². The number of methoxy groups -OCH3 is 2. The number of phenols is 1. The van der Waals surface area contributed by atoms with Crippen LogP contribution in [-0.2, 0) is 4.79 Å². The molecule has 0 saturated carbocycles. The summed E-state index contributed by atoms with van der Waals surface area (Å²) in [4.78, 5) is 30.3. The number of carbonyl (C=O) groups is 2. The van der Waals surface area contributed by atoms with Crippen molar-refractivity contribution in [1.29, 1.82) is 0 Å². The van der Waals surface area contributed by atoms with E-state index in [0.29, 0.717) is 41.8 Å². The molecule has 1 aromatic heterocycles. The molecule has 1 atom stereocenters. The third-order valence-electron chi connectivity index (χ3n) is 6.02. The van der Waals surface area contributed by atoms with Crippen LogP contribution in [0.1, 0.15) is 28.6 Å². The predicted molar refractivity (Wildman–Crippen MR) is 129 cm³/mol. The number of amides is 1. The van der Waals surface area contributed by atoms with Crippen LogP contribution in [0.25, 0.3) is 11.0 Å². The molecule has 2 aromatic carbocycles. The maximum atomic E-state index is 13.7. The van der Waals surface area contributed by atoms with E-state index >= 15 is 0 Å². The minimum absolute atomic E-state index is 0.0234. The summed E-state index contributed by atoms with van der Waals surface area (Å²) in [6.07, 6.45) is 0.626. The number of ketones is 1. The predicted octanol–water partition coefficient (Wildman–Crippen LogP) is 3.69. The van der Waals surface area contributed by atoms with Gasteiger partial charge in [0.2, 0.25) is 5.78 Å². The van der Waals surface area contributed by atoms with E-state index in [-0.39, 0.29) is 22.8 Å². The molecule has 1 unspecified atom stereocenters. The lowest BCUT2D eigenvalue weighted by Gasteiger charge is -2.27. The molecule has 35 heavy (non-hydrogen) atoms. The van der Waals surface area contributed by atoms with Crippen molar-refractivity contribution in [2.24, 2.45) is 0 Å². The smallest absolute Gasteiger partial charge is 0.290 e. The van der Waals surface area contributed by atoms with E-state index in [1.54, 1.807) is 36.4 Å². The first kappa shape index (κ1) is 24.2. The van der Waals surface area contributed by atoms with Gasteiger partial charge < -0.3 is 33.9 Å². The minimum atomic E-state index is -0.887. The number of fused-ring (bicyclic) bond motifs is 1. The Morgan fingerprint density at radius 3 is 2.51 bits per heavy atom. The number of benzene rings is 2. The first-order valence-corrected chi connectivity index (χ1v) is 11.1. The van der Waals surface area contributed by atoms with Crippen molar-refractivity contribution < 1.29 is 33.7 Å². The molecule has 0 fully saturated rings. The summed E-state index contributed by atoms with van der Waals surface area (Å²) >= 11 is 0. The number of phenolic OH excluding ortho intramolecular Hbond substituents is 1. The van der Waals surface area contributed by atoms with E-state index in [9.17, 15) is 19.8 Å². The lowest BCUT2D eigenvalue weighted by atomic mass is 9.94. The van der Waals surface area contributed by atoms with Crippen molar-refractivity contribution in [2.75, 3.05) is 41.4 Å². The number of furan rings is 1. The van der Waals surface area contributed by atoms with Gasteiger partial charge in [0.15, 0.2) is 34.4 Å². The standard InChI is InChI=1S/C26H28N2O7/c1-27(2)11-6-12-28-22(15-9-10-17(29)19(13-15)34-4)21(24(31)26(28)32)23(30)20-14-16-7-5-8-18(33-3)25(16)35-20/h5,7-10,13-14,22,29,31H,6,11-12H2,1-4H3. The van der Waals surface area contributed by atoms with Crippen LogP contribution in [0.4, 0.5) is 0 Å². The van der Waals surface area contributed by atoms with Gasteiger partial charge in [-0.15, -0.1) is 0 Å². The lowest BCUT2D eigenvalue weighted by Crippen LogP contribution is -2.33. The third kappa shape index (κ3) is 4.42. The highest BCUT2D eigenvalue weighted by Gasteiger charge is 2.44. The highest BCUT2D eigenvalue weighted by molar-refractivity contribution is 6.16. The Morgan fingerprint density at radius 1 is 1.09 bits per heavy atom. The number of Topliss-reactive ketones (excluding diaryl/α,β-unsaturated/α-hetero) is 1. The largest absolute Gasteiger partial charge is 0.504 e. The van der Waals surface area contributed by atoms with E-state index in [1.807, 2.05) is 19.0 Å². The van der Waals surface area contributed by atoms with Crippen molar-refractivity contribution in [3.8, 4) is 17.2 Å². The van der Waals surface area contributed by atoms with E-state index in [2.05, 4.69) is 0 Å². The number of rotatable bonds is 9. The van der Waals surface area contributed by atoms with E-state index in [1.165, 1.54) is 25.2 Å². The van der Waals surface area contributed by atoms with E-state index in [4.69, 9.17) is 13.9 Å². The topological polar surface area (TPSA) is 113 Å². The summed E-state index contributed by atoms with van der Waals surface area (Å²) in [6.45, 7) is 1.02. The second kappa shape index (κ2) is 9.71. The van der Waals surface area contributed by atoms with Gasteiger partial charge in [0.1, 0.15) is 0 Å². The van der Waals surface area contributed by atoms with Gasteiger partial charge in [-0.2, -0.15) is 0 Å². The summed E-state index contributed by atoms with van der Waals surface area (Å²) in [5, 5.41) is 21.6. The van der Waals surface area contributed by atoms with Crippen LogP contribution in [0, 0.1) is 0 Å². The molecule has 0 aliphatic carbocycles. The van der Waals surface area contributed by atoms with Crippen molar-refractivity contribution in [1.82, 2.24) is 9.80 Å². The molecule has 0 spiro atoms. The van der Waals surface area contributed by atoms with Crippen LogP contribution < -0.4 is 9.47 Å². The van der Waals surface area contributed by atoms with Crippen molar-refractivity contribution >= 4 is 22.7 Å². The average molecular weight is 481 g/mol. The molecule has 0 bridgehead atoms. The molecule has 2 heterocycles. The van der Waals surface area contributed by atoms with Gasteiger partial charge in [0, 0.05) is 11.9 Å². The number of aromatic hydroxyl groups is 1. The van der Waals surface area contributed by atoms with Gasteiger partial charge in [-0.3, -0.25) is 9.59 Å². The fourth-order valence-corrected chi connectivity index (χ4v) is 4.33. The summed E-state index contributed by atoms with van der Waals surface area (Å²) < 4.78 is 16.4. The number of para-hydroxylation sites is 1. The highest BCUT2D eigenvalue weighted by Crippen LogP contribution is 2.42. The number of ether oxygens (including phenoxy) is 2. The molecule has 2 N–H and O–H groups in total. The third-order valence-corrected chi connectivity index (χ3v) is 6.02. The van der Waals surface area contributed by atoms with Crippen LogP contribution in [0.2, 0.25) is 0 Å². The van der Waals surface area contributed by atoms with E-state index < -0.39 is 23.5 Å². The zero-order valence-electron chi connectivity index (χ0n) is 20.1. The Balaban J connectivity index is 1.79. The summed E-state index contributed by atoms with van der Waals surface area (Å²) in [6, 6.07) is 10.5. The Labute approximate surface area is 202 Å². The summed E-state index contributed by atoms with van der Waals surface area (Å²) in [5.41, 5.74) is 0.818. The van der Waals surface area contributed by atoms with Gasteiger partial charge in [-0.1, -0.05) is 18.2 Å². The van der Waals surface area contributed by atoms with Gasteiger partial charge in [0.25, 0.3) is 5.91 Å². The maximum Gasteiger partial charge on any atom is 0.290 e. The van der Waals surface area contributed by atoms with Crippen molar-refractivity contribution in [2.45, 2.75) is 12.5 Å². The first-order chi connectivity index (χ1) is 16.8. The molecule has 1 aliphatic rings. The highest BCUT2D eigenvalue weighted by atomic mass is 16.5. The molecule has 0 radical (unpaired) electrons. The first-order valence-electron chi connectivity index (χ1n) is 11.1. The number of hydrogen-bond donors (Lipinski definition) is 2. The second-order valence-electron chi connectivity index (χ2n) is 8.57. The molecule has 9 nitrogen and oxygen atoms in total.